The van der Waals surface area contributed by atoms with E-state index in [9.17, 15) is 8.42 Å². The lowest BCUT2D eigenvalue weighted by molar-refractivity contribution is 0.445. The van der Waals surface area contributed by atoms with Gasteiger partial charge in [0.05, 0.1) is 11.5 Å². The fourth-order valence-electron chi connectivity index (χ4n) is 2.62. The van der Waals surface area contributed by atoms with Gasteiger partial charge in [0, 0.05) is 36.3 Å². The first kappa shape index (κ1) is 12.0. The Morgan fingerprint density at radius 2 is 2.28 bits per heavy atom. The second-order valence-electron chi connectivity index (χ2n) is 5.09. The molecule has 0 saturated carbocycles. The van der Waals surface area contributed by atoms with Crippen LogP contribution in [0.3, 0.4) is 0 Å². The number of hydrogen-bond donors (Lipinski definition) is 1. The molecule has 3 rings (SSSR count). The lowest BCUT2D eigenvalue weighted by atomic mass is 9.98. The van der Waals surface area contributed by atoms with E-state index in [0.29, 0.717) is 12.3 Å². The molecule has 6 heteroatoms. The van der Waals surface area contributed by atoms with Crippen molar-refractivity contribution in [2.24, 2.45) is 0 Å². The first-order valence-electron chi connectivity index (χ1n) is 6.40. The SMILES string of the molecule is O=S1(=O)CCc2nc(C3CCCNC3)ncc2C1. The summed E-state index contributed by atoms with van der Waals surface area (Å²) in [5, 5.41) is 3.35. The lowest BCUT2D eigenvalue weighted by Gasteiger charge is -2.23. The Morgan fingerprint density at radius 3 is 3.06 bits per heavy atom. The van der Waals surface area contributed by atoms with Crippen LogP contribution in [0.25, 0.3) is 0 Å². The normalized spacial score (nSPS) is 26.6. The first-order valence-corrected chi connectivity index (χ1v) is 8.22. The first-order chi connectivity index (χ1) is 8.64. The van der Waals surface area contributed by atoms with Crippen molar-refractivity contribution in [1.82, 2.24) is 15.3 Å². The van der Waals surface area contributed by atoms with E-state index in [2.05, 4.69) is 15.3 Å². The fraction of sp³-hybridized carbons (Fsp3) is 0.667. The highest BCUT2D eigenvalue weighted by molar-refractivity contribution is 7.90. The Bertz CT molecular complexity index is 550. The van der Waals surface area contributed by atoms with Crippen molar-refractivity contribution in [2.45, 2.75) is 30.9 Å². The number of piperidine rings is 1. The summed E-state index contributed by atoms with van der Waals surface area (Å²) in [7, 11) is -2.93. The zero-order chi connectivity index (χ0) is 12.6. The summed E-state index contributed by atoms with van der Waals surface area (Å²) in [4.78, 5) is 8.95. The molecule has 0 aliphatic carbocycles. The van der Waals surface area contributed by atoms with Crippen molar-refractivity contribution in [3.8, 4) is 0 Å². The third-order valence-electron chi connectivity index (χ3n) is 3.66. The van der Waals surface area contributed by atoms with Gasteiger partial charge in [0.2, 0.25) is 0 Å². The number of rotatable bonds is 1. The van der Waals surface area contributed by atoms with Crippen molar-refractivity contribution >= 4 is 9.84 Å². The second kappa shape index (κ2) is 4.59. The van der Waals surface area contributed by atoms with E-state index in [0.717, 1.165) is 43.0 Å². The van der Waals surface area contributed by atoms with Crippen LogP contribution in [0.1, 0.15) is 35.8 Å². The van der Waals surface area contributed by atoms with Crippen LogP contribution in [-0.2, 0) is 22.0 Å². The summed E-state index contributed by atoms with van der Waals surface area (Å²) in [5.41, 5.74) is 1.72. The number of hydrogen-bond acceptors (Lipinski definition) is 5. The molecule has 0 radical (unpaired) electrons. The maximum absolute atomic E-state index is 11.5. The molecule has 1 atom stereocenters. The molecule has 98 valence electrons. The van der Waals surface area contributed by atoms with Gasteiger partial charge in [-0.05, 0) is 19.4 Å². The highest BCUT2D eigenvalue weighted by atomic mass is 32.2. The topological polar surface area (TPSA) is 72.0 Å². The molecule has 0 spiro atoms. The zero-order valence-electron chi connectivity index (χ0n) is 10.2. The number of nitrogens with one attached hydrogen (secondary N) is 1. The molecule has 1 fully saturated rings. The minimum atomic E-state index is -2.93. The molecule has 5 nitrogen and oxygen atoms in total. The molecule has 0 aromatic carbocycles. The maximum atomic E-state index is 11.5. The van der Waals surface area contributed by atoms with E-state index in [-0.39, 0.29) is 11.5 Å². The van der Waals surface area contributed by atoms with Crippen LogP contribution < -0.4 is 5.32 Å². The number of aromatic nitrogens is 2. The summed E-state index contributed by atoms with van der Waals surface area (Å²) < 4.78 is 23.1. The predicted molar refractivity (Wildman–Crippen MR) is 68.1 cm³/mol. The van der Waals surface area contributed by atoms with Crippen molar-refractivity contribution in [1.29, 1.82) is 0 Å². The van der Waals surface area contributed by atoms with Gasteiger partial charge in [0.25, 0.3) is 0 Å². The van der Waals surface area contributed by atoms with E-state index in [1.807, 2.05) is 0 Å². The molecule has 0 bridgehead atoms. The van der Waals surface area contributed by atoms with E-state index in [1.54, 1.807) is 6.20 Å². The van der Waals surface area contributed by atoms with E-state index < -0.39 is 9.84 Å². The summed E-state index contributed by atoms with van der Waals surface area (Å²) in [6.07, 6.45) is 4.51. The molecular formula is C12H17N3O2S. The summed E-state index contributed by atoms with van der Waals surface area (Å²) >= 11 is 0. The molecule has 18 heavy (non-hydrogen) atoms. The number of aryl methyl sites for hydroxylation is 1. The van der Waals surface area contributed by atoms with Crippen molar-refractivity contribution in [3.63, 3.8) is 0 Å². The van der Waals surface area contributed by atoms with E-state index in [1.165, 1.54) is 0 Å². The average Bonchev–Trinajstić information content (AvgIpc) is 2.38. The molecule has 1 unspecified atom stereocenters. The van der Waals surface area contributed by atoms with Crippen LogP contribution >= 0.6 is 0 Å². The molecule has 1 N–H and O–H groups in total. The van der Waals surface area contributed by atoms with Gasteiger partial charge in [-0.2, -0.15) is 0 Å². The fourth-order valence-corrected chi connectivity index (χ4v) is 3.99. The van der Waals surface area contributed by atoms with Gasteiger partial charge >= 0.3 is 0 Å². The standard InChI is InChI=1S/C12H17N3O2S/c16-18(17)5-3-11-10(8-18)7-14-12(15-11)9-2-1-4-13-6-9/h7,9,13H,1-6,8H2. The summed E-state index contributed by atoms with van der Waals surface area (Å²) in [5.74, 6) is 1.58. The average molecular weight is 267 g/mol. The highest BCUT2D eigenvalue weighted by Crippen LogP contribution is 2.23. The van der Waals surface area contributed by atoms with Crippen LogP contribution in [-0.4, -0.2) is 37.2 Å². The Balaban J connectivity index is 1.87. The van der Waals surface area contributed by atoms with Crippen molar-refractivity contribution in [2.75, 3.05) is 18.8 Å². The Morgan fingerprint density at radius 1 is 1.39 bits per heavy atom. The molecular weight excluding hydrogens is 250 g/mol. The molecule has 3 heterocycles. The smallest absolute Gasteiger partial charge is 0.154 e. The third-order valence-corrected chi connectivity index (χ3v) is 5.24. The molecule has 1 aromatic rings. The Labute approximate surface area is 107 Å². The Kier molecular flexibility index (Phi) is 3.07. The van der Waals surface area contributed by atoms with Gasteiger partial charge in [-0.3, -0.25) is 0 Å². The zero-order valence-corrected chi connectivity index (χ0v) is 11.0. The largest absolute Gasteiger partial charge is 0.316 e. The number of nitrogens with zero attached hydrogens (tertiary/aromatic N) is 2. The van der Waals surface area contributed by atoms with Crippen LogP contribution in [0, 0.1) is 0 Å². The maximum Gasteiger partial charge on any atom is 0.154 e. The van der Waals surface area contributed by atoms with E-state index in [4.69, 9.17) is 0 Å². The van der Waals surface area contributed by atoms with Gasteiger partial charge in [0.15, 0.2) is 9.84 Å². The minimum Gasteiger partial charge on any atom is -0.316 e. The Hall–Kier alpha value is -1.01. The molecule has 1 aromatic heterocycles. The molecule has 1 saturated heterocycles. The van der Waals surface area contributed by atoms with Gasteiger partial charge < -0.3 is 5.32 Å². The molecule has 2 aliphatic rings. The quantitative estimate of drug-likeness (QED) is 0.798. The van der Waals surface area contributed by atoms with Crippen molar-refractivity contribution < 1.29 is 8.42 Å². The lowest BCUT2D eigenvalue weighted by Crippen LogP contribution is -2.30. The summed E-state index contributed by atoms with van der Waals surface area (Å²) in [6.45, 7) is 2.00. The van der Waals surface area contributed by atoms with Crippen molar-refractivity contribution in [3.05, 3.63) is 23.3 Å². The van der Waals surface area contributed by atoms with Crippen LogP contribution in [0.4, 0.5) is 0 Å². The molecule has 0 amide bonds. The van der Waals surface area contributed by atoms with Gasteiger partial charge in [-0.1, -0.05) is 0 Å². The van der Waals surface area contributed by atoms with Crippen LogP contribution in [0.15, 0.2) is 6.20 Å². The third kappa shape index (κ3) is 2.40. The molecule has 2 aliphatic heterocycles. The monoisotopic (exact) mass is 267 g/mol. The summed E-state index contributed by atoms with van der Waals surface area (Å²) in [6, 6.07) is 0. The van der Waals surface area contributed by atoms with Crippen LogP contribution in [0.2, 0.25) is 0 Å². The van der Waals surface area contributed by atoms with Gasteiger partial charge in [-0.15, -0.1) is 0 Å². The highest BCUT2D eigenvalue weighted by Gasteiger charge is 2.25. The van der Waals surface area contributed by atoms with Gasteiger partial charge in [-0.25, -0.2) is 18.4 Å². The minimum absolute atomic E-state index is 0.103. The second-order valence-corrected chi connectivity index (χ2v) is 7.27. The number of sulfone groups is 1. The van der Waals surface area contributed by atoms with Gasteiger partial charge in [0.1, 0.15) is 5.82 Å². The van der Waals surface area contributed by atoms with Crippen LogP contribution in [0.5, 0.6) is 0 Å². The number of fused-ring (bicyclic) bond motifs is 1. The predicted octanol–water partition coefficient (Wildman–Crippen LogP) is 0.414. The van der Waals surface area contributed by atoms with E-state index >= 15 is 0 Å².